The van der Waals surface area contributed by atoms with Crippen molar-refractivity contribution >= 4 is 17.3 Å². The molecule has 7 nitrogen and oxygen atoms in total. The summed E-state index contributed by atoms with van der Waals surface area (Å²) in [4.78, 5) is 27.6. The van der Waals surface area contributed by atoms with E-state index in [4.69, 9.17) is 4.74 Å². The second-order valence-corrected chi connectivity index (χ2v) is 7.01. The number of hydrogen-bond donors (Lipinski definition) is 0. The molecule has 1 amide bonds. The maximum Gasteiger partial charge on any atom is 0.292 e. The average molecular weight is 347 g/mol. The Morgan fingerprint density at radius 3 is 2.36 bits per heavy atom. The highest BCUT2D eigenvalue weighted by molar-refractivity contribution is 5.79. The maximum atomic E-state index is 12.8. The molecule has 2 saturated heterocycles. The molecular formula is C18H25N3O4. The number of morpholine rings is 1. The van der Waals surface area contributed by atoms with Gasteiger partial charge in [-0.15, -0.1) is 0 Å². The molecule has 3 rings (SSSR count). The summed E-state index contributed by atoms with van der Waals surface area (Å²) < 4.78 is 5.70. The molecule has 0 bridgehead atoms. The predicted molar refractivity (Wildman–Crippen MR) is 94.6 cm³/mol. The van der Waals surface area contributed by atoms with Crippen LogP contribution in [0.2, 0.25) is 0 Å². The van der Waals surface area contributed by atoms with Crippen molar-refractivity contribution in [1.82, 2.24) is 4.90 Å². The Bertz CT molecular complexity index is 633. The van der Waals surface area contributed by atoms with Gasteiger partial charge < -0.3 is 14.5 Å². The summed E-state index contributed by atoms with van der Waals surface area (Å²) in [5.74, 6) is 0.195. The van der Waals surface area contributed by atoms with Crippen LogP contribution in [0.15, 0.2) is 24.3 Å². The molecule has 2 fully saturated rings. The zero-order chi connectivity index (χ0) is 18.0. The highest BCUT2D eigenvalue weighted by Crippen LogP contribution is 2.31. The molecular weight excluding hydrogens is 322 g/mol. The predicted octanol–water partition coefficient (Wildman–Crippen LogP) is 2.45. The van der Waals surface area contributed by atoms with Crippen LogP contribution >= 0.6 is 0 Å². The average Bonchev–Trinajstić information content (AvgIpc) is 2.60. The monoisotopic (exact) mass is 347 g/mol. The number of carbonyl (C=O) groups is 1. The Hall–Kier alpha value is -2.15. The molecule has 1 aromatic rings. The quantitative estimate of drug-likeness (QED) is 0.620. The molecule has 136 valence electrons. The number of ether oxygens (including phenoxy) is 1. The number of hydrogen-bond acceptors (Lipinski definition) is 5. The van der Waals surface area contributed by atoms with Crippen molar-refractivity contribution in [3.05, 3.63) is 34.4 Å². The fourth-order valence-corrected chi connectivity index (χ4v) is 3.87. The first-order valence-corrected chi connectivity index (χ1v) is 8.88. The number of benzene rings is 1. The Morgan fingerprint density at radius 1 is 1.16 bits per heavy atom. The first kappa shape index (κ1) is 17.7. The van der Waals surface area contributed by atoms with Crippen molar-refractivity contribution in [2.75, 3.05) is 31.1 Å². The van der Waals surface area contributed by atoms with Gasteiger partial charge in [0.15, 0.2) is 0 Å². The molecule has 0 aromatic heterocycles. The molecule has 0 N–H and O–H groups in total. The number of nitro groups is 1. The van der Waals surface area contributed by atoms with E-state index in [-0.39, 0.29) is 34.6 Å². The number of anilines is 1. The lowest BCUT2D eigenvalue weighted by Gasteiger charge is -2.39. The molecule has 1 aromatic carbocycles. The lowest BCUT2D eigenvalue weighted by Crippen LogP contribution is -2.51. The lowest BCUT2D eigenvalue weighted by atomic mass is 9.94. The molecule has 2 heterocycles. The molecule has 2 aliphatic rings. The standard InChI is InChI=1S/C18H25N3O4/c1-13-11-20(12-14(2)25-13)18(22)15-7-9-19(10-8-15)16-5-3-4-6-17(16)21(23)24/h3-6,13-15H,7-12H2,1-2H3. The SMILES string of the molecule is CC1CN(C(=O)C2CCN(c3ccccc3[N+](=O)[O-])CC2)CC(C)O1. The molecule has 0 radical (unpaired) electrons. The number of carbonyl (C=O) groups excluding carboxylic acids is 1. The Balaban J connectivity index is 1.62. The van der Waals surface area contributed by atoms with E-state index in [1.165, 1.54) is 6.07 Å². The van der Waals surface area contributed by atoms with Gasteiger partial charge in [0.25, 0.3) is 5.69 Å². The number of rotatable bonds is 3. The van der Waals surface area contributed by atoms with E-state index < -0.39 is 0 Å². The third kappa shape index (κ3) is 3.92. The minimum Gasteiger partial charge on any atom is -0.372 e. The van der Waals surface area contributed by atoms with Crippen LogP contribution in [0.3, 0.4) is 0 Å². The van der Waals surface area contributed by atoms with Crippen LogP contribution in [-0.4, -0.2) is 54.1 Å². The van der Waals surface area contributed by atoms with Gasteiger partial charge in [0.2, 0.25) is 5.91 Å². The Kier molecular flexibility index (Phi) is 5.22. The minimum atomic E-state index is -0.344. The van der Waals surface area contributed by atoms with E-state index >= 15 is 0 Å². The lowest BCUT2D eigenvalue weighted by molar-refractivity contribution is -0.384. The Labute approximate surface area is 147 Å². The summed E-state index contributed by atoms with van der Waals surface area (Å²) in [5, 5.41) is 11.2. The fraction of sp³-hybridized carbons (Fsp3) is 0.611. The topological polar surface area (TPSA) is 75.9 Å². The van der Waals surface area contributed by atoms with Crippen molar-refractivity contribution in [3.8, 4) is 0 Å². The smallest absolute Gasteiger partial charge is 0.292 e. The largest absolute Gasteiger partial charge is 0.372 e. The van der Waals surface area contributed by atoms with Crippen LogP contribution in [0.4, 0.5) is 11.4 Å². The molecule has 0 saturated carbocycles. The Morgan fingerprint density at radius 2 is 1.76 bits per heavy atom. The van der Waals surface area contributed by atoms with E-state index in [0.717, 1.165) is 12.8 Å². The van der Waals surface area contributed by atoms with Gasteiger partial charge in [0.1, 0.15) is 5.69 Å². The number of nitro benzene ring substituents is 1. The van der Waals surface area contributed by atoms with Crippen molar-refractivity contribution in [2.24, 2.45) is 5.92 Å². The highest BCUT2D eigenvalue weighted by Gasteiger charge is 2.33. The molecule has 0 spiro atoms. The van der Waals surface area contributed by atoms with E-state index in [1.807, 2.05) is 29.7 Å². The molecule has 2 atom stereocenters. The molecule has 25 heavy (non-hydrogen) atoms. The summed E-state index contributed by atoms with van der Waals surface area (Å²) in [5.41, 5.74) is 0.773. The van der Waals surface area contributed by atoms with E-state index in [1.54, 1.807) is 12.1 Å². The fourth-order valence-electron chi connectivity index (χ4n) is 3.87. The third-order valence-electron chi connectivity index (χ3n) is 4.99. The van der Waals surface area contributed by atoms with Crippen LogP contribution < -0.4 is 4.90 Å². The second kappa shape index (κ2) is 7.39. The van der Waals surface area contributed by atoms with Gasteiger partial charge in [-0.05, 0) is 32.8 Å². The second-order valence-electron chi connectivity index (χ2n) is 7.01. The molecule has 7 heteroatoms. The maximum absolute atomic E-state index is 12.8. The van der Waals surface area contributed by atoms with E-state index in [0.29, 0.717) is 31.9 Å². The summed E-state index contributed by atoms with van der Waals surface area (Å²) in [6, 6.07) is 6.81. The number of amides is 1. The van der Waals surface area contributed by atoms with Crippen molar-refractivity contribution in [2.45, 2.75) is 38.9 Å². The number of piperidine rings is 1. The van der Waals surface area contributed by atoms with Crippen LogP contribution in [-0.2, 0) is 9.53 Å². The number of nitrogens with zero attached hydrogens (tertiary/aromatic N) is 3. The van der Waals surface area contributed by atoms with Crippen LogP contribution in [0.5, 0.6) is 0 Å². The van der Waals surface area contributed by atoms with Gasteiger partial charge >= 0.3 is 0 Å². The zero-order valence-electron chi connectivity index (χ0n) is 14.8. The van der Waals surface area contributed by atoms with Gasteiger partial charge in [0.05, 0.1) is 17.1 Å². The highest BCUT2D eigenvalue weighted by atomic mass is 16.6. The summed E-state index contributed by atoms with van der Waals surface area (Å²) >= 11 is 0. The first-order valence-electron chi connectivity index (χ1n) is 8.88. The van der Waals surface area contributed by atoms with Crippen LogP contribution in [0.25, 0.3) is 0 Å². The van der Waals surface area contributed by atoms with Gasteiger partial charge in [-0.3, -0.25) is 14.9 Å². The third-order valence-corrected chi connectivity index (χ3v) is 4.99. The first-order chi connectivity index (χ1) is 12.0. The van der Waals surface area contributed by atoms with Crippen LogP contribution in [0.1, 0.15) is 26.7 Å². The van der Waals surface area contributed by atoms with Gasteiger partial charge in [-0.1, -0.05) is 12.1 Å². The molecule has 2 unspecified atom stereocenters. The van der Waals surface area contributed by atoms with Gasteiger partial charge in [-0.2, -0.15) is 0 Å². The summed E-state index contributed by atoms with van der Waals surface area (Å²) in [6.45, 7) is 6.61. The van der Waals surface area contributed by atoms with Crippen molar-refractivity contribution < 1.29 is 14.5 Å². The minimum absolute atomic E-state index is 0.00322. The van der Waals surface area contributed by atoms with Gasteiger partial charge in [0, 0.05) is 38.2 Å². The molecule has 0 aliphatic carbocycles. The van der Waals surface area contributed by atoms with Crippen molar-refractivity contribution in [3.63, 3.8) is 0 Å². The number of para-hydroxylation sites is 2. The van der Waals surface area contributed by atoms with E-state index in [9.17, 15) is 14.9 Å². The summed E-state index contributed by atoms with van der Waals surface area (Å²) in [6.07, 6.45) is 1.59. The van der Waals surface area contributed by atoms with Crippen LogP contribution in [0, 0.1) is 16.0 Å². The zero-order valence-corrected chi connectivity index (χ0v) is 14.8. The summed E-state index contributed by atoms with van der Waals surface area (Å²) in [7, 11) is 0. The van der Waals surface area contributed by atoms with Gasteiger partial charge in [-0.25, -0.2) is 0 Å². The van der Waals surface area contributed by atoms with Crippen molar-refractivity contribution in [1.29, 1.82) is 0 Å². The van der Waals surface area contributed by atoms with E-state index in [2.05, 4.69) is 0 Å². The normalized spacial score (nSPS) is 25.0. The molecule has 2 aliphatic heterocycles.